The number of amides is 1. The summed E-state index contributed by atoms with van der Waals surface area (Å²) in [5.74, 6) is -1.30. The molecular formula is C10H12ClNO3S. The molecule has 0 unspecified atom stereocenters. The second-order valence-electron chi connectivity index (χ2n) is 3.33. The molecule has 88 valence electrons. The zero-order chi connectivity index (χ0) is 12.1. The molecule has 0 radical (unpaired) electrons. The summed E-state index contributed by atoms with van der Waals surface area (Å²) in [5.41, 5.74) is 0. The fraction of sp³-hybridized carbons (Fsp3) is 0.400. The Morgan fingerprint density at radius 2 is 2.25 bits per heavy atom. The van der Waals surface area contributed by atoms with E-state index in [1.807, 2.05) is 6.07 Å². The van der Waals surface area contributed by atoms with Crippen LogP contribution in [0.4, 0.5) is 0 Å². The minimum Gasteiger partial charge on any atom is -0.480 e. The number of aliphatic carboxylic acids is 1. The summed E-state index contributed by atoms with van der Waals surface area (Å²) in [6, 6.07) is 2.79. The number of halogens is 1. The molecule has 0 aliphatic carbocycles. The van der Waals surface area contributed by atoms with Crippen molar-refractivity contribution in [1.29, 1.82) is 0 Å². The van der Waals surface area contributed by atoms with Gasteiger partial charge in [-0.2, -0.15) is 0 Å². The molecule has 1 amide bonds. The third kappa shape index (κ3) is 4.20. The third-order valence-corrected chi connectivity index (χ3v) is 3.27. The van der Waals surface area contributed by atoms with Gasteiger partial charge in [-0.15, -0.1) is 11.3 Å². The summed E-state index contributed by atoms with van der Waals surface area (Å²) in [5, 5.41) is 11.0. The fourth-order valence-electron chi connectivity index (χ4n) is 1.10. The van der Waals surface area contributed by atoms with Crippen molar-refractivity contribution in [2.24, 2.45) is 0 Å². The molecule has 6 heteroatoms. The number of rotatable bonds is 5. The molecule has 0 saturated heterocycles. The van der Waals surface area contributed by atoms with Gasteiger partial charge in [0.25, 0.3) is 0 Å². The molecule has 1 aromatic heterocycles. The smallest absolute Gasteiger partial charge is 0.325 e. The Balaban J connectivity index is 2.33. The van der Waals surface area contributed by atoms with Crippen molar-refractivity contribution in [1.82, 2.24) is 5.32 Å². The average molecular weight is 262 g/mol. The molecule has 0 saturated carbocycles. The third-order valence-electron chi connectivity index (χ3n) is 1.98. The highest BCUT2D eigenvalue weighted by atomic mass is 35.5. The first-order valence-electron chi connectivity index (χ1n) is 4.75. The van der Waals surface area contributed by atoms with Crippen LogP contribution in [0.15, 0.2) is 12.1 Å². The molecule has 1 rings (SSSR count). The Bertz CT molecular complexity index is 391. The number of carboxylic acids is 1. The zero-order valence-electron chi connectivity index (χ0n) is 8.70. The minimum atomic E-state index is -1.03. The van der Waals surface area contributed by atoms with E-state index < -0.39 is 12.0 Å². The Morgan fingerprint density at radius 3 is 2.75 bits per heavy atom. The molecule has 0 aliphatic heterocycles. The van der Waals surface area contributed by atoms with Crippen LogP contribution in [-0.4, -0.2) is 23.0 Å². The maximum Gasteiger partial charge on any atom is 0.325 e. The van der Waals surface area contributed by atoms with Crippen molar-refractivity contribution in [3.05, 3.63) is 21.3 Å². The summed E-state index contributed by atoms with van der Waals surface area (Å²) in [4.78, 5) is 22.8. The number of carbonyl (C=O) groups excluding carboxylic acids is 1. The minimum absolute atomic E-state index is 0.264. The lowest BCUT2D eigenvalue weighted by molar-refractivity contribution is -0.141. The van der Waals surface area contributed by atoms with Crippen molar-refractivity contribution in [2.75, 3.05) is 0 Å². The Labute approximate surface area is 102 Å². The number of thiophene rings is 1. The number of hydrogen-bond donors (Lipinski definition) is 2. The van der Waals surface area contributed by atoms with E-state index in [-0.39, 0.29) is 12.3 Å². The van der Waals surface area contributed by atoms with E-state index in [9.17, 15) is 9.59 Å². The second-order valence-corrected chi connectivity index (χ2v) is 5.13. The standard InChI is InChI=1S/C10H12ClNO3S/c1-6(10(14)15)12-9(13)5-3-7-2-4-8(11)16-7/h2,4,6H,3,5H2,1H3,(H,12,13)(H,14,15)/t6-/m1/s1. The molecular weight excluding hydrogens is 250 g/mol. The number of nitrogens with one attached hydrogen (secondary N) is 1. The van der Waals surface area contributed by atoms with Gasteiger partial charge in [-0.05, 0) is 25.5 Å². The van der Waals surface area contributed by atoms with Crippen molar-refractivity contribution in [3.8, 4) is 0 Å². The molecule has 4 nitrogen and oxygen atoms in total. The topological polar surface area (TPSA) is 66.4 Å². The van der Waals surface area contributed by atoms with Gasteiger partial charge < -0.3 is 10.4 Å². The summed E-state index contributed by atoms with van der Waals surface area (Å²) in [6.45, 7) is 1.43. The summed E-state index contributed by atoms with van der Waals surface area (Å²) in [7, 11) is 0. The van der Waals surface area contributed by atoms with E-state index in [0.29, 0.717) is 10.8 Å². The molecule has 1 atom stereocenters. The van der Waals surface area contributed by atoms with Gasteiger partial charge in [0.1, 0.15) is 6.04 Å². The molecule has 0 aliphatic rings. The van der Waals surface area contributed by atoms with Crippen LogP contribution in [0, 0.1) is 0 Å². The van der Waals surface area contributed by atoms with Gasteiger partial charge >= 0.3 is 5.97 Å². The van der Waals surface area contributed by atoms with Crippen LogP contribution in [0.1, 0.15) is 18.2 Å². The summed E-state index contributed by atoms with van der Waals surface area (Å²) < 4.78 is 0.689. The SMILES string of the molecule is C[C@@H](NC(=O)CCc1ccc(Cl)s1)C(=O)O. The highest BCUT2D eigenvalue weighted by Crippen LogP contribution is 2.22. The number of aryl methyl sites for hydroxylation is 1. The average Bonchev–Trinajstić information content (AvgIpc) is 2.61. The first-order valence-corrected chi connectivity index (χ1v) is 5.95. The van der Waals surface area contributed by atoms with Crippen molar-refractivity contribution in [2.45, 2.75) is 25.8 Å². The van der Waals surface area contributed by atoms with Gasteiger partial charge in [0.15, 0.2) is 0 Å². The van der Waals surface area contributed by atoms with Gasteiger partial charge in [-0.1, -0.05) is 11.6 Å². The van der Waals surface area contributed by atoms with Gasteiger partial charge in [0, 0.05) is 11.3 Å². The Hall–Kier alpha value is -1.07. The quantitative estimate of drug-likeness (QED) is 0.851. The van der Waals surface area contributed by atoms with Crippen molar-refractivity contribution >= 4 is 34.8 Å². The maximum atomic E-state index is 11.3. The zero-order valence-corrected chi connectivity index (χ0v) is 10.3. The lowest BCUT2D eigenvalue weighted by Crippen LogP contribution is -2.38. The number of carbonyl (C=O) groups is 2. The lowest BCUT2D eigenvalue weighted by atomic mass is 10.2. The normalized spacial score (nSPS) is 12.1. The van der Waals surface area contributed by atoms with E-state index in [4.69, 9.17) is 16.7 Å². The van der Waals surface area contributed by atoms with Crippen LogP contribution in [0.5, 0.6) is 0 Å². The van der Waals surface area contributed by atoms with Crippen LogP contribution in [-0.2, 0) is 16.0 Å². The Morgan fingerprint density at radius 1 is 1.56 bits per heavy atom. The van der Waals surface area contributed by atoms with Gasteiger partial charge in [0.05, 0.1) is 4.34 Å². The molecule has 1 heterocycles. The van der Waals surface area contributed by atoms with E-state index in [2.05, 4.69) is 5.32 Å². The molecule has 2 N–H and O–H groups in total. The predicted octanol–water partition coefficient (Wildman–Crippen LogP) is 1.92. The van der Waals surface area contributed by atoms with Crippen molar-refractivity contribution < 1.29 is 14.7 Å². The second kappa shape index (κ2) is 5.86. The summed E-state index contributed by atoms with van der Waals surface area (Å²) >= 11 is 7.17. The molecule has 0 fully saturated rings. The maximum absolute atomic E-state index is 11.3. The molecule has 0 bridgehead atoms. The van der Waals surface area contributed by atoms with Crippen LogP contribution in [0.2, 0.25) is 4.34 Å². The number of hydrogen-bond acceptors (Lipinski definition) is 3. The monoisotopic (exact) mass is 261 g/mol. The Kier molecular flexibility index (Phi) is 4.76. The number of carboxylic acid groups (broad SMARTS) is 1. The molecule has 16 heavy (non-hydrogen) atoms. The molecule has 1 aromatic rings. The van der Waals surface area contributed by atoms with Gasteiger partial charge in [-0.3, -0.25) is 9.59 Å². The van der Waals surface area contributed by atoms with Gasteiger partial charge in [-0.25, -0.2) is 0 Å². The predicted molar refractivity (Wildman–Crippen MR) is 62.9 cm³/mol. The van der Waals surface area contributed by atoms with E-state index in [1.165, 1.54) is 18.3 Å². The molecule has 0 aromatic carbocycles. The van der Waals surface area contributed by atoms with E-state index in [1.54, 1.807) is 6.07 Å². The first-order chi connectivity index (χ1) is 7.49. The van der Waals surface area contributed by atoms with Crippen LogP contribution >= 0.6 is 22.9 Å². The van der Waals surface area contributed by atoms with E-state index in [0.717, 1.165) is 4.88 Å². The highest BCUT2D eigenvalue weighted by molar-refractivity contribution is 7.16. The lowest BCUT2D eigenvalue weighted by Gasteiger charge is -2.08. The van der Waals surface area contributed by atoms with Crippen molar-refractivity contribution in [3.63, 3.8) is 0 Å². The highest BCUT2D eigenvalue weighted by Gasteiger charge is 2.13. The van der Waals surface area contributed by atoms with Gasteiger partial charge in [0.2, 0.25) is 5.91 Å². The summed E-state index contributed by atoms with van der Waals surface area (Å²) in [6.07, 6.45) is 0.851. The van der Waals surface area contributed by atoms with E-state index >= 15 is 0 Å². The fourth-order valence-corrected chi connectivity index (χ4v) is 2.19. The van der Waals surface area contributed by atoms with Crippen LogP contribution in [0.3, 0.4) is 0 Å². The van der Waals surface area contributed by atoms with Crippen LogP contribution in [0.25, 0.3) is 0 Å². The molecule has 0 spiro atoms. The van der Waals surface area contributed by atoms with Crippen LogP contribution < -0.4 is 5.32 Å². The largest absolute Gasteiger partial charge is 0.480 e. The first kappa shape index (κ1) is 13.0.